The zero-order valence-electron chi connectivity index (χ0n) is 11.2. The molecule has 20 heavy (non-hydrogen) atoms. The molecule has 0 heterocycles. The third kappa shape index (κ3) is 3.64. The predicted molar refractivity (Wildman–Crippen MR) is 80.1 cm³/mol. The maximum Gasteiger partial charge on any atom is 0.123 e. The molecule has 2 aromatic rings. The Morgan fingerprint density at radius 3 is 1.25 bits per heavy atom. The van der Waals surface area contributed by atoms with Gasteiger partial charge in [0.1, 0.15) is 11.6 Å². The van der Waals surface area contributed by atoms with Gasteiger partial charge in [0, 0.05) is 0 Å². The summed E-state index contributed by atoms with van der Waals surface area (Å²) in [6.07, 6.45) is 1.48. The van der Waals surface area contributed by atoms with Crippen molar-refractivity contribution in [2.24, 2.45) is 0 Å². The van der Waals surface area contributed by atoms with Crippen molar-refractivity contribution >= 4 is 11.1 Å². The Balaban J connectivity index is 1.94. The van der Waals surface area contributed by atoms with E-state index < -0.39 is 0 Å². The molecule has 0 atom stereocenters. The maximum atomic E-state index is 12.8. The summed E-state index contributed by atoms with van der Waals surface area (Å²) < 4.78 is 25.7. The van der Waals surface area contributed by atoms with Crippen molar-refractivity contribution in [3.63, 3.8) is 0 Å². The summed E-state index contributed by atoms with van der Waals surface area (Å²) >= 11 is 0. The van der Waals surface area contributed by atoms with E-state index in [-0.39, 0.29) is 11.6 Å². The molecular formula is C18H16F2. The summed E-state index contributed by atoms with van der Waals surface area (Å²) in [7, 11) is 0. The van der Waals surface area contributed by atoms with Gasteiger partial charge in [0.25, 0.3) is 0 Å². The highest BCUT2D eigenvalue weighted by Crippen LogP contribution is 2.24. The van der Waals surface area contributed by atoms with E-state index in [1.54, 1.807) is 24.3 Å². The van der Waals surface area contributed by atoms with E-state index in [1.807, 2.05) is 0 Å². The predicted octanol–water partition coefficient (Wildman–Crippen LogP) is 5.47. The molecule has 102 valence electrons. The lowest BCUT2D eigenvalue weighted by Crippen LogP contribution is -1.88. The van der Waals surface area contributed by atoms with Crippen LogP contribution in [0.3, 0.4) is 0 Å². The van der Waals surface area contributed by atoms with Gasteiger partial charge in [-0.3, -0.25) is 0 Å². The smallest absolute Gasteiger partial charge is 0.123 e. The van der Waals surface area contributed by atoms with Crippen molar-refractivity contribution in [3.05, 3.63) is 84.5 Å². The third-order valence-corrected chi connectivity index (χ3v) is 3.23. The Bertz CT molecular complexity index is 549. The van der Waals surface area contributed by atoms with E-state index in [4.69, 9.17) is 0 Å². The lowest BCUT2D eigenvalue weighted by Gasteiger charge is -2.09. The highest BCUT2D eigenvalue weighted by atomic mass is 19.1. The molecule has 0 aromatic heterocycles. The quantitative estimate of drug-likeness (QED) is 0.675. The van der Waals surface area contributed by atoms with Crippen LogP contribution in [-0.4, -0.2) is 0 Å². The molecule has 2 aromatic carbocycles. The van der Waals surface area contributed by atoms with Gasteiger partial charge in [0.2, 0.25) is 0 Å². The van der Waals surface area contributed by atoms with Gasteiger partial charge in [-0.05, 0) is 59.4 Å². The van der Waals surface area contributed by atoms with Crippen LogP contribution >= 0.6 is 0 Å². The Hall–Kier alpha value is -2.22. The van der Waals surface area contributed by atoms with E-state index in [2.05, 4.69) is 13.2 Å². The van der Waals surface area contributed by atoms with Gasteiger partial charge in [-0.2, -0.15) is 0 Å². The molecule has 0 aliphatic carbocycles. The first kappa shape index (κ1) is 14.2. The molecule has 0 N–H and O–H groups in total. The first-order valence-corrected chi connectivity index (χ1v) is 6.43. The first-order chi connectivity index (χ1) is 9.56. The van der Waals surface area contributed by atoms with Gasteiger partial charge < -0.3 is 0 Å². The van der Waals surface area contributed by atoms with Crippen LogP contribution in [0.25, 0.3) is 11.1 Å². The highest BCUT2D eigenvalue weighted by Gasteiger charge is 2.03. The zero-order valence-corrected chi connectivity index (χ0v) is 11.2. The van der Waals surface area contributed by atoms with Crippen molar-refractivity contribution < 1.29 is 8.78 Å². The van der Waals surface area contributed by atoms with E-state index in [0.29, 0.717) is 0 Å². The van der Waals surface area contributed by atoms with Crippen molar-refractivity contribution in [2.45, 2.75) is 12.8 Å². The fraction of sp³-hybridized carbons (Fsp3) is 0.111. The minimum Gasteiger partial charge on any atom is -0.207 e. The second-order valence-corrected chi connectivity index (χ2v) is 4.72. The monoisotopic (exact) mass is 270 g/mol. The molecule has 0 saturated heterocycles. The van der Waals surface area contributed by atoms with Gasteiger partial charge in [0.05, 0.1) is 0 Å². The van der Waals surface area contributed by atoms with Crippen LogP contribution in [0.4, 0.5) is 8.78 Å². The lowest BCUT2D eigenvalue weighted by molar-refractivity contribution is 0.627. The van der Waals surface area contributed by atoms with E-state index in [1.165, 1.54) is 24.3 Å². The van der Waals surface area contributed by atoms with Crippen LogP contribution in [0.2, 0.25) is 0 Å². The molecule has 2 heteroatoms. The number of halogens is 2. The first-order valence-electron chi connectivity index (χ1n) is 6.43. The van der Waals surface area contributed by atoms with Crippen molar-refractivity contribution in [3.8, 4) is 0 Å². The Kier molecular flexibility index (Phi) is 4.46. The second kappa shape index (κ2) is 6.29. The standard InChI is InChI=1S/C18H16F2/c1-13(15-5-9-17(19)10-6-15)3-4-14(2)16-7-11-18(20)12-8-16/h5-12H,1-4H2. The van der Waals surface area contributed by atoms with Crippen LogP contribution < -0.4 is 0 Å². The van der Waals surface area contributed by atoms with E-state index >= 15 is 0 Å². The minimum absolute atomic E-state index is 0.253. The number of benzene rings is 2. The van der Waals surface area contributed by atoms with Crippen molar-refractivity contribution in [2.75, 3.05) is 0 Å². The molecule has 0 spiro atoms. The molecule has 0 unspecified atom stereocenters. The van der Waals surface area contributed by atoms with Gasteiger partial charge in [0.15, 0.2) is 0 Å². The van der Waals surface area contributed by atoms with Gasteiger partial charge in [-0.25, -0.2) is 8.78 Å². The molecule has 0 radical (unpaired) electrons. The Labute approximate surface area is 118 Å². The summed E-state index contributed by atoms with van der Waals surface area (Å²) in [5, 5.41) is 0. The zero-order chi connectivity index (χ0) is 14.5. The normalized spacial score (nSPS) is 10.3. The summed E-state index contributed by atoms with van der Waals surface area (Å²) in [6.45, 7) is 8.02. The molecule has 0 saturated carbocycles. The van der Waals surface area contributed by atoms with Crippen LogP contribution in [0.1, 0.15) is 24.0 Å². The SMILES string of the molecule is C=C(CCC(=C)c1ccc(F)cc1)c1ccc(F)cc1. The highest BCUT2D eigenvalue weighted by molar-refractivity contribution is 5.68. The number of hydrogen-bond acceptors (Lipinski definition) is 0. The fourth-order valence-corrected chi connectivity index (χ4v) is 1.96. The summed E-state index contributed by atoms with van der Waals surface area (Å²) in [5.41, 5.74) is 3.73. The molecule has 2 rings (SSSR count). The van der Waals surface area contributed by atoms with Crippen LogP contribution in [-0.2, 0) is 0 Å². The molecule has 0 nitrogen and oxygen atoms in total. The van der Waals surface area contributed by atoms with Crippen molar-refractivity contribution in [1.82, 2.24) is 0 Å². The fourth-order valence-electron chi connectivity index (χ4n) is 1.96. The molecule has 0 aliphatic heterocycles. The molecule has 0 bridgehead atoms. The van der Waals surface area contributed by atoms with Crippen LogP contribution in [0, 0.1) is 11.6 Å². The van der Waals surface area contributed by atoms with Crippen LogP contribution in [0.15, 0.2) is 61.7 Å². The molecular weight excluding hydrogens is 254 g/mol. The summed E-state index contributed by atoms with van der Waals surface area (Å²) in [4.78, 5) is 0. The average Bonchev–Trinajstić information content (AvgIpc) is 2.46. The molecule has 0 amide bonds. The minimum atomic E-state index is -0.253. The number of allylic oxidation sites excluding steroid dienone is 2. The van der Waals surface area contributed by atoms with Gasteiger partial charge >= 0.3 is 0 Å². The molecule has 0 aliphatic rings. The second-order valence-electron chi connectivity index (χ2n) is 4.72. The van der Waals surface area contributed by atoms with E-state index in [0.717, 1.165) is 35.1 Å². The maximum absolute atomic E-state index is 12.8. The largest absolute Gasteiger partial charge is 0.207 e. The third-order valence-electron chi connectivity index (χ3n) is 3.23. The molecule has 0 fully saturated rings. The van der Waals surface area contributed by atoms with E-state index in [9.17, 15) is 8.78 Å². The summed E-state index contributed by atoms with van der Waals surface area (Å²) in [6, 6.07) is 12.6. The number of hydrogen-bond donors (Lipinski definition) is 0. The lowest BCUT2D eigenvalue weighted by atomic mass is 9.97. The summed E-state index contributed by atoms with van der Waals surface area (Å²) in [5.74, 6) is -0.505. The van der Waals surface area contributed by atoms with Gasteiger partial charge in [-0.1, -0.05) is 37.4 Å². The Morgan fingerprint density at radius 1 is 0.650 bits per heavy atom. The Morgan fingerprint density at radius 2 is 0.950 bits per heavy atom. The van der Waals surface area contributed by atoms with Crippen LogP contribution in [0.5, 0.6) is 0 Å². The number of rotatable bonds is 5. The van der Waals surface area contributed by atoms with Gasteiger partial charge in [-0.15, -0.1) is 0 Å². The topological polar surface area (TPSA) is 0 Å². The van der Waals surface area contributed by atoms with Crippen molar-refractivity contribution in [1.29, 1.82) is 0 Å². The average molecular weight is 270 g/mol.